The lowest BCUT2D eigenvalue weighted by molar-refractivity contribution is -0.166. The smallest absolute Gasteiger partial charge is 0.417 e. The number of esters is 1. The maximum atomic E-state index is 13.3. The molecular weight excluding hydrogens is 470 g/mol. The normalized spacial score (nSPS) is 17.0. The van der Waals surface area contributed by atoms with Crippen LogP contribution in [0, 0.1) is 0 Å². The zero-order valence-electron chi connectivity index (χ0n) is 20.6. The van der Waals surface area contributed by atoms with Gasteiger partial charge in [-0.2, -0.15) is 0 Å². The summed E-state index contributed by atoms with van der Waals surface area (Å²) in [5, 5.41) is 8.79. The van der Waals surface area contributed by atoms with Crippen LogP contribution in [0.1, 0.15) is 44.6 Å². The number of ether oxygens (including phenoxy) is 3. The second-order valence-electron chi connectivity index (χ2n) is 8.40. The van der Waals surface area contributed by atoms with E-state index >= 15 is 0 Å². The molecule has 2 rings (SSSR count). The van der Waals surface area contributed by atoms with Crippen molar-refractivity contribution >= 4 is 29.5 Å². The number of hydrogen-bond acceptors (Lipinski definition) is 9. The minimum Gasteiger partial charge on any atom is -0.451 e. The van der Waals surface area contributed by atoms with E-state index in [4.69, 9.17) is 19.3 Å². The van der Waals surface area contributed by atoms with Crippen molar-refractivity contribution in [2.75, 3.05) is 20.3 Å². The Hall–Kier alpha value is -3.37. The van der Waals surface area contributed by atoms with Crippen LogP contribution in [-0.4, -0.2) is 78.1 Å². The molecule has 1 aliphatic heterocycles. The highest BCUT2D eigenvalue weighted by Gasteiger charge is 2.45. The number of unbranched alkanes of at least 4 members (excludes halogenated alkanes) is 3. The van der Waals surface area contributed by atoms with Gasteiger partial charge in [-0.25, -0.2) is 9.69 Å². The Bertz CT molecular complexity index is 944. The Kier molecular flexibility index (Phi) is 11.9. The highest BCUT2D eigenvalue weighted by atomic mass is 16.6. The van der Waals surface area contributed by atoms with Crippen molar-refractivity contribution in [1.82, 2.24) is 4.90 Å². The average Bonchev–Trinajstić information content (AvgIpc) is 3.22. The summed E-state index contributed by atoms with van der Waals surface area (Å²) in [7, 11) is 1.15. The van der Waals surface area contributed by atoms with Crippen LogP contribution >= 0.6 is 0 Å². The molecule has 1 aromatic rings. The third-order valence-corrected chi connectivity index (χ3v) is 5.62. The number of cyclic esters (lactones) is 1. The summed E-state index contributed by atoms with van der Waals surface area (Å²) in [6.45, 7) is 1.14. The van der Waals surface area contributed by atoms with Gasteiger partial charge in [0.05, 0.1) is 6.04 Å². The van der Waals surface area contributed by atoms with Crippen molar-refractivity contribution in [1.29, 1.82) is 0 Å². The highest BCUT2D eigenvalue weighted by molar-refractivity contribution is 6.05. The molecule has 1 aliphatic rings. The molecule has 10 heteroatoms. The molecule has 0 bridgehead atoms. The molecule has 0 aliphatic carbocycles. The van der Waals surface area contributed by atoms with Gasteiger partial charge in [0.2, 0.25) is 0 Å². The molecule has 1 heterocycles. The monoisotopic (exact) mass is 503 g/mol. The number of nitrogens with zero attached hydrogens (tertiary/aromatic N) is 1. The molecular formula is C26H33NO9. The van der Waals surface area contributed by atoms with Crippen molar-refractivity contribution in [3.05, 3.63) is 48.0 Å². The summed E-state index contributed by atoms with van der Waals surface area (Å²) in [5.41, 5.74) is 0.873. The van der Waals surface area contributed by atoms with Gasteiger partial charge in [0, 0.05) is 27.1 Å². The fraction of sp³-hybridized carbons (Fsp3) is 0.500. The van der Waals surface area contributed by atoms with Gasteiger partial charge < -0.3 is 19.3 Å². The molecule has 3 unspecified atom stereocenters. The van der Waals surface area contributed by atoms with E-state index in [1.54, 1.807) is 0 Å². The third kappa shape index (κ3) is 8.69. The molecule has 3 atom stereocenters. The first-order valence-corrected chi connectivity index (χ1v) is 11.9. The largest absolute Gasteiger partial charge is 0.451 e. The Morgan fingerprint density at radius 1 is 1.08 bits per heavy atom. The van der Waals surface area contributed by atoms with Gasteiger partial charge >= 0.3 is 12.1 Å². The summed E-state index contributed by atoms with van der Waals surface area (Å²) < 4.78 is 15.4. The first-order valence-electron chi connectivity index (χ1n) is 11.9. The van der Waals surface area contributed by atoms with Crippen LogP contribution in [0.15, 0.2) is 42.5 Å². The van der Waals surface area contributed by atoms with E-state index in [2.05, 4.69) is 0 Å². The van der Waals surface area contributed by atoms with E-state index < -0.39 is 42.0 Å². The van der Waals surface area contributed by atoms with Crippen LogP contribution in [0.3, 0.4) is 0 Å². The van der Waals surface area contributed by atoms with Crippen LogP contribution in [0.2, 0.25) is 0 Å². The number of methoxy groups -OCH3 is 1. The topological polar surface area (TPSA) is 137 Å². The van der Waals surface area contributed by atoms with Crippen LogP contribution in [-0.2, 0) is 39.8 Å². The predicted molar refractivity (Wildman–Crippen MR) is 128 cm³/mol. The summed E-state index contributed by atoms with van der Waals surface area (Å²) in [5.74, 6) is -2.85. The molecule has 0 aromatic heterocycles. The third-order valence-electron chi connectivity index (χ3n) is 5.62. The summed E-state index contributed by atoms with van der Waals surface area (Å²) in [6, 6.07) is 8.55. The van der Waals surface area contributed by atoms with Gasteiger partial charge in [0.15, 0.2) is 23.8 Å². The van der Waals surface area contributed by atoms with Gasteiger partial charge in [-0.1, -0.05) is 43.2 Å². The maximum absolute atomic E-state index is 13.3. The van der Waals surface area contributed by atoms with E-state index in [9.17, 15) is 24.0 Å². The van der Waals surface area contributed by atoms with Crippen molar-refractivity contribution in [2.24, 2.45) is 0 Å². The number of carbonyl (C=O) groups excluding carboxylic acids is 5. The number of hydrogen-bond donors (Lipinski definition) is 1. The predicted octanol–water partition coefficient (Wildman–Crippen LogP) is 2.16. The number of imide groups is 1. The van der Waals surface area contributed by atoms with Crippen LogP contribution in [0.4, 0.5) is 4.79 Å². The number of aliphatic hydroxyl groups excluding tert-OH is 1. The standard InChI is InChI=1S/C26H33NO9/c1-18(29)36-23(22(31)14-13-21(30)12-8-3-4-9-15-28)24(34-2)25(32)27-20(17-35-26(27)33)16-19-10-6-5-7-11-19/h5-7,10-11,13-14,20,23-24,28H,3-4,8-9,12,15-17H2,1-2H3. The lowest BCUT2D eigenvalue weighted by Crippen LogP contribution is -2.53. The van der Waals surface area contributed by atoms with Crippen LogP contribution < -0.4 is 0 Å². The number of amides is 2. The van der Waals surface area contributed by atoms with Gasteiger partial charge in [0.25, 0.3) is 5.91 Å². The fourth-order valence-electron chi connectivity index (χ4n) is 3.82. The van der Waals surface area contributed by atoms with Crippen molar-refractivity contribution in [2.45, 2.75) is 63.7 Å². The number of ketones is 2. The molecule has 196 valence electrons. The summed E-state index contributed by atoms with van der Waals surface area (Å²) >= 11 is 0. The van der Waals surface area contributed by atoms with Crippen molar-refractivity contribution in [3.8, 4) is 0 Å². The van der Waals surface area contributed by atoms with Gasteiger partial charge in [0.1, 0.15) is 6.61 Å². The number of carbonyl (C=O) groups is 5. The van der Waals surface area contributed by atoms with E-state index in [0.29, 0.717) is 19.3 Å². The van der Waals surface area contributed by atoms with Crippen LogP contribution in [0.25, 0.3) is 0 Å². The molecule has 1 N–H and O–H groups in total. The second-order valence-corrected chi connectivity index (χ2v) is 8.40. The van der Waals surface area contributed by atoms with Crippen molar-refractivity contribution < 1.29 is 43.3 Å². The minimum absolute atomic E-state index is 0.0329. The summed E-state index contributed by atoms with van der Waals surface area (Å²) in [4.78, 5) is 63.3. The highest BCUT2D eigenvalue weighted by Crippen LogP contribution is 2.21. The van der Waals surface area contributed by atoms with E-state index in [1.807, 2.05) is 30.3 Å². The zero-order valence-corrected chi connectivity index (χ0v) is 20.6. The van der Waals surface area contributed by atoms with Gasteiger partial charge in [-0.05, 0) is 37.0 Å². The Morgan fingerprint density at radius 3 is 2.42 bits per heavy atom. The molecule has 1 saturated heterocycles. The van der Waals surface area contributed by atoms with E-state index in [-0.39, 0.29) is 25.4 Å². The average molecular weight is 504 g/mol. The number of rotatable bonds is 15. The molecule has 0 saturated carbocycles. The quantitative estimate of drug-likeness (QED) is 0.217. The molecule has 36 heavy (non-hydrogen) atoms. The number of allylic oxidation sites excluding steroid dienone is 1. The maximum Gasteiger partial charge on any atom is 0.417 e. The van der Waals surface area contributed by atoms with Gasteiger partial charge in [-0.15, -0.1) is 0 Å². The van der Waals surface area contributed by atoms with E-state index in [0.717, 1.165) is 49.5 Å². The first kappa shape index (κ1) is 28.9. The SMILES string of the molecule is COC(C(=O)N1C(=O)OCC1Cc1ccccc1)C(OC(C)=O)C(=O)C=CC(=O)CCCCCCO. The fourth-order valence-corrected chi connectivity index (χ4v) is 3.82. The molecule has 0 radical (unpaired) electrons. The summed E-state index contributed by atoms with van der Waals surface area (Å²) in [6.07, 6.45) is 1.18. The van der Waals surface area contributed by atoms with Crippen LogP contribution in [0.5, 0.6) is 0 Å². The molecule has 10 nitrogen and oxygen atoms in total. The second kappa shape index (κ2) is 14.9. The molecule has 0 spiro atoms. The Balaban J connectivity index is 2.13. The first-order chi connectivity index (χ1) is 17.3. The van der Waals surface area contributed by atoms with E-state index in [1.165, 1.54) is 0 Å². The number of aliphatic hydroxyl groups is 1. The number of benzene rings is 1. The molecule has 2 amide bonds. The molecule has 1 aromatic carbocycles. The minimum atomic E-state index is -1.70. The van der Waals surface area contributed by atoms with Crippen molar-refractivity contribution in [3.63, 3.8) is 0 Å². The van der Waals surface area contributed by atoms with Gasteiger partial charge in [-0.3, -0.25) is 19.2 Å². The molecule has 1 fully saturated rings. The lowest BCUT2D eigenvalue weighted by Gasteiger charge is -2.27. The Labute approximate surface area is 210 Å². The Morgan fingerprint density at radius 2 is 1.78 bits per heavy atom. The lowest BCUT2D eigenvalue weighted by atomic mass is 10.0. The zero-order chi connectivity index (χ0) is 26.5.